The fraction of sp³-hybridized carbons (Fsp3) is 0.0800. The van der Waals surface area contributed by atoms with Crippen LogP contribution < -0.4 is 15.5 Å². The molecule has 0 aliphatic carbocycles. The molecule has 2 N–H and O–H groups in total. The van der Waals surface area contributed by atoms with Gasteiger partial charge >= 0.3 is 0 Å². The molecule has 0 saturated carbocycles. The van der Waals surface area contributed by atoms with Gasteiger partial charge in [0.1, 0.15) is 5.75 Å². The Kier molecular flexibility index (Phi) is 6.57. The Hall–Kier alpha value is -3.97. The van der Waals surface area contributed by atoms with Crippen molar-refractivity contribution in [3.05, 3.63) is 94.7 Å². The largest absolute Gasteiger partial charge is 0.484 e. The van der Waals surface area contributed by atoms with Crippen molar-refractivity contribution < 1.29 is 14.3 Å². The predicted octanol–water partition coefficient (Wildman–Crippen LogP) is 5.07. The molecular formula is C25H21N3O3S. The van der Waals surface area contributed by atoms with Crippen LogP contribution in [0.3, 0.4) is 0 Å². The summed E-state index contributed by atoms with van der Waals surface area (Å²) >= 11 is 1.39. The van der Waals surface area contributed by atoms with Crippen LogP contribution in [0.15, 0.2) is 89.3 Å². The van der Waals surface area contributed by atoms with Crippen LogP contribution in [0.5, 0.6) is 5.75 Å². The van der Waals surface area contributed by atoms with Crippen LogP contribution in [0.1, 0.15) is 22.2 Å². The van der Waals surface area contributed by atoms with E-state index in [0.717, 1.165) is 16.3 Å². The Labute approximate surface area is 189 Å². The lowest BCUT2D eigenvalue weighted by Gasteiger charge is -2.08. The first kappa shape index (κ1) is 21.3. The third kappa shape index (κ3) is 5.39. The van der Waals surface area contributed by atoms with Crippen molar-refractivity contribution in [3.63, 3.8) is 0 Å². The molecule has 6 nitrogen and oxygen atoms in total. The number of carbonyl (C=O) groups is 2. The van der Waals surface area contributed by atoms with Crippen molar-refractivity contribution in [2.75, 3.05) is 11.9 Å². The van der Waals surface area contributed by atoms with Gasteiger partial charge in [-0.3, -0.25) is 9.59 Å². The number of thiophene rings is 1. The second kappa shape index (κ2) is 9.89. The standard InChI is InChI=1S/C25H21N3O3S/c1-17(18-8-11-21(12-9-18)26-25(30)23-7-4-14-32-23)27-28-24(29)16-31-22-13-10-19-5-2-3-6-20(19)15-22/h2-15H,16H2,1H3,(H,26,30)(H,28,29)/b27-17+. The molecule has 3 aromatic carbocycles. The molecule has 0 saturated heterocycles. The summed E-state index contributed by atoms with van der Waals surface area (Å²) in [7, 11) is 0. The number of anilines is 1. The van der Waals surface area contributed by atoms with Gasteiger partial charge in [-0.25, -0.2) is 5.43 Å². The highest BCUT2D eigenvalue weighted by Crippen LogP contribution is 2.20. The minimum absolute atomic E-state index is 0.136. The third-order valence-corrected chi connectivity index (χ3v) is 5.61. The number of carbonyl (C=O) groups excluding carboxylic acids is 2. The Balaban J connectivity index is 1.29. The molecule has 7 heteroatoms. The highest BCUT2D eigenvalue weighted by Gasteiger charge is 2.08. The minimum atomic E-state index is -0.350. The van der Waals surface area contributed by atoms with Gasteiger partial charge in [0.2, 0.25) is 0 Å². The summed E-state index contributed by atoms with van der Waals surface area (Å²) in [6.07, 6.45) is 0. The first-order valence-electron chi connectivity index (χ1n) is 9.98. The van der Waals surface area contributed by atoms with Crippen LogP contribution in [-0.4, -0.2) is 24.1 Å². The van der Waals surface area contributed by atoms with E-state index in [2.05, 4.69) is 15.8 Å². The summed E-state index contributed by atoms with van der Waals surface area (Å²) in [5.41, 5.74) is 4.66. The van der Waals surface area contributed by atoms with Crippen molar-refractivity contribution in [3.8, 4) is 5.75 Å². The van der Waals surface area contributed by atoms with Gasteiger partial charge in [0.05, 0.1) is 10.6 Å². The van der Waals surface area contributed by atoms with Crippen LogP contribution in [0.25, 0.3) is 10.8 Å². The first-order chi connectivity index (χ1) is 15.6. The molecule has 32 heavy (non-hydrogen) atoms. The Morgan fingerprint density at radius 2 is 1.72 bits per heavy atom. The van der Waals surface area contributed by atoms with Gasteiger partial charge in [-0.15, -0.1) is 11.3 Å². The Bertz CT molecular complexity index is 1270. The number of rotatable bonds is 7. The fourth-order valence-electron chi connectivity index (χ4n) is 3.04. The molecule has 2 amide bonds. The number of ether oxygens (including phenoxy) is 1. The number of hydrogen-bond acceptors (Lipinski definition) is 5. The average molecular weight is 444 g/mol. The van der Waals surface area contributed by atoms with E-state index in [0.29, 0.717) is 22.0 Å². The highest BCUT2D eigenvalue weighted by molar-refractivity contribution is 7.12. The molecule has 0 aliphatic rings. The van der Waals surface area contributed by atoms with Crippen molar-refractivity contribution in [2.45, 2.75) is 6.92 Å². The number of fused-ring (bicyclic) bond motifs is 1. The second-order valence-electron chi connectivity index (χ2n) is 7.04. The van der Waals surface area contributed by atoms with Crippen molar-refractivity contribution >= 4 is 45.3 Å². The zero-order valence-electron chi connectivity index (χ0n) is 17.4. The number of nitrogens with zero attached hydrogens (tertiary/aromatic N) is 1. The van der Waals surface area contributed by atoms with E-state index in [4.69, 9.17) is 4.74 Å². The van der Waals surface area contributed by atoms with Gasteiger partial charge in [0.25, 0.3) is 11.8 Å². The molecule has 4 rings (SSSR count). The maximum Gasteiger partial charge on any atom is 0.277 e. The Morgan fingerprint density at radius 3 is 2.47 bits per heavy atom. The van der Waals surface area contributed by atoms with Crippen LogP contribution in [0.4, 0.5) is 5.69 Å². The number of benzene rings is 3. The molecular weight excluding hydrogens is 422 g/mol. The van der Waals surface area contributed by atoms with Gasteiger partial charge in [0, 0.05) is 5.69 Å². The maximum absolute atomic E-state index is 12.1. The molecule has 0 radical (unpaired) electrons. The molecule has 0 unspecified atom stereocenters. The quantitative estimate of drug-likeness (QED) is 0.309. The van der Waals surface area contributed by atoms with E-state index >= 15 is 0 Å². The molecule has 0 aliphatic heterocycles. The van der Waals surface area contributed by atoms with E-state index in [1.807, 2.05) is 66.0 Å². The van der Waals surface area contributed by atoms with Gasteiger partial charge < -0.3 is 10.1 Å². The van der Waals surface area contributed by atoms with E-state index in [9.17, 15) is 9.59 Å². The SMILES string of the molecule is C/C(=N\NC(=O)COc1ccc2ccccc2c1)c1ccc(NC(=O)c2cccs2)cc1. The lowest BCUT2D eigenvalue weighted by molar-refractivity contribution is -0.123. The highest BCUT2D eigenvalue weighted by atomic mass is 32.1. The fourth-order valence-corrected chi connectivity index (χ4v) is 3.66. The monoisotopic (exact) mass is 443 g/mol. The summed E-state index contributed by atoms with van der Waals surface area (Å²) in [5.74, 6) is 0.133. The predicted molar refractivity (Wildman–Crippen MR) is 129 cm³/mol. The van der Waals surface area contributed by atoms with E-state index in [1.54, 1.807) is 25.1 Å². The summed E-state index contributed by atoms with van der Waals surface area (Å²) in [4.78, 5) is 24.9. The molecule has 4 aromatic rings. The molecule has 1 aromatic heterocycles. The minimum Gasteiger partial charge on any atom is -0.484 e. The maximum atomic E-state index is 12.1. The smallest absolute Gasteiger partial charge is 0.277 e. The normalized spacial score (nSPS) is 11.2. The van der Waals surface area contributed by atoms with Gasteiger partial charge in [-0.05, 0) is 59.0 Å². The first-order valence-corrected chi connectivity index (χ1v) is 10.9. The van der Waals surface area contributed by atoms with E-state index < -0.39 is 0 Å². The summed E-state index contributed by atoms with van der Waals surface area (Å²) in [6, 6.07) is 24.5. The van der Waals surface area contributed by atoms with Crippen LogP contribution in [0, 0.1) is 0 Å². The van der Waals surface area contributed by atoms with Gasteiger partial charge in [-0.2, -0.15) is 5.10 Å². The zero-order chi connectivity index (χ0) is 22.3. The van der Waals surface area contributed by atoms with Crippen molar-refractivity contribution in [1.29, 1.82) is 0 Å². The van der Waals surface area contributed by atoms with Crippen LogP contribution in [-0.2, 0) is 4.79 Å². The zero-order valence-corrected chi connectivity index (χ0v) is 18.2. The van der Waals surface area contributed by atoms with Gasteiger partial charge in [0.15, 0.2) is 6.61 Å². The summed E-state index contributed by atoms with van der Waals surface area (Å²) in [5, 5.41) is 11.0. The lowest BCUT2D eigenvalue weighted by Crippen LogP contribution is -2.25. The third-order valence-electron chi connectivity index (χ3n) is 4.74. The topological polar surface area (TPSA) is 79.8 Å². The lowest BCUT2D eigenvalue weighted by atomic mass is 10.1. The van der Waals surface area contributed by atoms with Gasteiger partial charge in [-0.1, -0.05) is 48.5 Å². The summed E-state index contributed by atoms with van der Waals surface area (Å²) < 4.78 is 5.58. The van der Waals surface area contributed by atoms with Crippen LogP contribution >= 0.6 is 11.3 Å². The number of hydrogen-bond donors (Lipinski definition) is 2. The van der Waals surface area contributed by atoms with E-state index in [1.165, 1.54) is 11.3 Å². The molecule has 1 heterocycles. The van der Waals surface area contributed by atoms with Crippen molar-refractivity contribution in [1.82, 2.24) is 5.43 Å². The number of hydrazone groups is 1. The molecule has 0 atom stereocenters. The summed E-state index contributed by atoms with van der Waals surface area (Å²) in [6.45, 7) is 1.66. The number of nitrogens with one attached hydrogen (secondary N) is 2. The second-order valence-corrected chi connectivity index (χ2v) is 7.99. The average Bonchev–Trinajstić information content (AvgIpc) is 3.37. The molecule has 0 bridgehead atoms. The van der Waals surface area contributed by atoms with E-state index in [-0.39, 0.29) is 18.4 Å². The molecule has 160 valence electrons. The van der Waals surface area contributed by atoms with Crippen LogP contribution in [0.2, 0.25) is 0 Å². The Morgan fingerprint density at radius 1 is 0.938 bits per heavy atom. The number of amides is 2. The molecule has 0 fully saturated rings. The van der Waals surface area contributed by atoms with Crippen molar-refractivity contribution in [2.24, 2.45) is 5.10 Å². The molecule has 0 spiro atoms.